The standard InChI is InChI=1S/C17H18F3NO3S/c1-2-24-12-14-8-6-13(7-9-14)11-21-25(22,23)16-5-3-4-15(10-16)17(18,19)20/h3-10,21H,2,11-12H2,1H3. The lowest BCUT2D eigenvalue weighted by Gasteiger charge is -2.10. The number of rotatable bonds is 7. The molecular formula is C17H18F3NO3S. The topological polar surface area (TPSA) is 55.4 Å². The molecule has 0 heterocycles. The Labute approximate surface area is 144 Å². The maximum Gasteiger partial charge on any atom is 0.416 e. The smallest absolute Gasteiger partial charge is 0.377 e. The second-order valence-electron chi connectivity index (χ2n) is 5.30. The van der Waals surface area contributed by atoms with Gasteiger partial charge in [0, 0.05) is 13.2 Å². The minimum Gasteiger partial charge on any atom is -0.377 e. The van der Waals surface area contributed by atoms with Crippen molar-refractivity contribution < 1.29 is 26.3 Å². The molecule has 136 valence electrons. The largest absolute Gasteiger partial charge is 0.416 e. The van der Waals surface area contributed by atoms with Crippen LogP contribution in [0.2, 0.25) is 0 Å². The van der Waals surface area contributed by atoms with Crippen LogP contribution in [0.4, 0.5) is 13.2 Å². The molecule has 0 amide bonds. The zero-order valence-corrected chi connectivity index (χ0v) is 14.3. The van der Waals surface area contributed by atoms with E-state index in [1.807, 2.05) is 19.1 Å². The van der Waals surface area contributed by atoms with Gasteiger partial charge in [0.05, 0.1) is 17.1 Å². The zero-order chi connectivity index (χ0) is 18.5. The molecule has 2 aromatic carbocycles. The summed E-state index contributed by atoms with van der Waals surface area (Å²) in [7, 11) is -4.04. The van der Waals surface area contributed by atoms with Crippen LogP contribution >= 0.6 is 0 Å². The second kappa shape index (κ2) is 7.99. The highest BCUT2D eigenvalue weighted by molar-refractivity contribution is 7.89. The molecule has 0 atom stereocenters. The van der Waals surface area contributed by atoms with Crippen molar-refractivity contribution in [1.29, 1.82) is 0 Å². The lowest BCUT2D eigenvalue weighted by molar-refractivity contribution is -0.137. The van der Waals surface area contributed by atoms with Gasteiger partial charge in [-0.15, -0.1) is 0 Å². The number of benzene rings is 2. The molecular weight excluding hydrogens is 355 g/mol. The Morgan fingerprint density at radius 3 is 2.28 bits per heavy atom. The highest BCUT2D eigenvalue weighted by atomic mass is 32.2. The summed E-state index contributed by atoms with van der Waals surface area (Å²) in [6.45, 7) is 2.93. The first-order chi connectivity index (χ1) is 11.7. The molecule has 0 spiro atoms. The number of nitrogens with one attached hydrogen (secondary N) is 1. The van der Waals surface area contributed by atoms with Gasteiger partial charge in [0.2, 0.25) is 10.0 Å². The van der Waals surface area contributed by atoms with Crippen LogP contribution in [0.1, 0.15) is 23.6 Å². The molecule has 8 heteroatoms. The first-order valence-corrected chi connectivity index (χ1v) is 9.03. The third-order valence-corrected chi connectivity index (χ3v) is 4.83. The van der Waals surface area contributed by atoms with Gasteiger partial charge < -0.3 is 4.74 Å². The Kier molecular flexibility index (Phi) is 6.21. The molecule has 0 unspecified atom stereocenters. The maximum absolute atomic E-state index is 12.7. The van der Waals surface area contributed by atoms with Crippen LogP contribution in [-0.4, -0.2) is 15.0 Å². The van der Waals surface area contributed by atoms with Crippen LogP contribution < -0.4 is 4.72 Å². The average Bonchev–Trinajstić information content (AvgIpc) is 2.58. The number of halogens is 3. The number of alkyl halides is 3. The zero-order valence-electron chi connectivity index (χ0n) is 13.5. The van der Waals surface area contributed by atoms with Crippen molar-refractivity contribution >= 4 is 10.0 Å². The first kappa shape index (κ1) is 19.4. The van der Waals surface area contributed by atoms with Crippen LogP contribution in [-0.2, 0) is 34.1 Å². The monoisotopic (exact) mass is 373 g/mol. The van der Waals surface area contributed by atoms with E-state index in [0.717, 1.165) is 23.8 Å². The van der Waals surface area contributed by atoms with Crippen LogP contribution in [0, 0.1) is 0 Å². The minimum absolute atomic E-state index is 0.0203. The number of ether oxygens (including phenoxy) is 1. The average molecular weight is 373 g/mol. The van der Waals surface area contributed by atoms with Gasteiger partial charge in [0.1, 0.15) is 0 Å². The summed E-state index contributed by atoms with van der Waals surface area (Å²) in [4.78, 5) is -0.421. The Morgan fingerprint density at radius 2 is 1.68 bits per heavy atom. The second-order valence-corrected chi connectivity index (χ2v) is 7.07. The van der Waals surface area contributed by atoms with Crippen molar-refractivity contribution in [2.45, 2.75) is 31.1 Å². The fourth-order valence-corrected chi connectivity index (χ4v) is 3.14. The molecule has 2 rings (SSSR count). The molecule has 0 saturated heterocycles. The molecule has 0 fully saturated rings. The van der Waals surface area contributed by atoms with Crippen LogP contribution in [0.15, 0.2) is 53.4 Å². The van der Waals surface area contributed by atoms with Gasteiger partial charge in [-0.2, -0.15) is 13.2 Å². The van der Waals surface area contributed by atoms with E-state index in [1.165, 1.54) is 0 Å². The molecule has 25 heavy (non-hydrogen) atoms. The van der Waals surface area contributed by atoms with E-state index in [-0.39, 0.29) is 6.54 Å². The van der Waals surface area contributed by atoms with Crippen molar-refractivity contribution in [3.63, 3.8) is 0 Å². The van der Waals surface area contributed by atoms with E-state index in [4.69, 9.17) is 4.74 Å². The third-order valence-electron chi connectivity index (χ3n) is 3.43. The Balaban J connectivity index is 2.07. The Hall–Kier alpha value is -1.90. The van der Waals surface area contributed by atoms with Gasteiger partial charge >= 0.3 is 6.18 Å². The van der Waals surface area contributed by atoms with E-state index in [1.54, 1.807) is 12.1 Å². The molecule has 0 aromatic heterocycles. The van der Waals surface area contributed by atoms with Gasteiger partial charge in [0.25, 0.3) is 0 Å². The predicted octanol–water partition coefficient (Wildman–Crippen LogP) is 3.72. The van der Waals surface area contributed by atoms with E-state index in [2.05, 4.69) is 4.72 Å². The molecule has 0 aliphatic carbocycles. The number of hydrogen-bond acceptors (Lipinski definition) is 3. The molecule has 2 aromatic rings. The lowest BCUT2D eigenvalue weighted by Crippen LogP contribution is -2.23. The minimum atomic E-state index is -4.60. The lowest BCUT2D eigenvalue weighted by atomic mass is 10.1. The fraction of sp³-hybridized carbons (Fsp3) is 0.294. The predicted molar refractivity (Wildman–Crippen MR) is 87.2 cm³/mol. The van der Waals surface area contributed by atoms with Crippen molar-refractivity contribution in [2.24, 2.45) is 0 Å². The quantitative estimate of drug-likeness (QED) is 0.805. The SMILES string of the molecule is CCOCc1ccc(CNS(=O)(=O)c2cccc(C(F)(F)F)c2)cc1. The molecule has 0 saturated carbocycles. The molecule has 0 bridgehead atoms. The normalized spacial score (nSPS) is 12.3. The van der Waals surface area contributed by atoms with Gasteiger partial charge in [0.15, 0.2) is 0 Å². The first-order valence-electron chi connectivity index (χ1n) is 7.55. The number of hydrogen-bond donors (Lipinski definition) is 1. The summed E-state index contributed by atoms with van der Waals surface area (Å²) in [6.07, 6.45) is -4.60. The summed E-state index contributed by atoms with van der Waals surface area (Å²) >= 11 is 0. The highest BCUT2D eigenvalue weighted by Crippen LogP contribution is 2.30. The van der Waals surface area contributed by atoms with E-state index in [9.17, 15) is 21.6 Å². The van der Waals surface area contributed by atoms with Crippen molar-refractivity contribution in [3.8, 4) is 0 Å². The molecule has 0 aliphatic rings. The summed E-state index contributed by atoms with van der Waals surface area (Å²) in [6, 6.07) is 10.7. The van der Waals surface area contributed by atoms with Gasteiger partial charge in [-0.1, -0.05) is 30.3 Å². The van der Waals surface area contributed by atoms with Crippen molar-refractivity contribution in [3.05, 3.63) is 65.2 Å². The summed E-state index contributed by atoms with van der Waals surface area (Å²) < 4.78 is 70.1. The summed E-state index contributed by atoms with van der Waals surface area (Å²) in [5.74, 6) is 0. The van der Waals surface area contributed by atoms with Gasteiger partial charge in [-0.3, -0.25) is 0 Å². The van der Waals surface area contributed by atoms with E-state index >= 15 is 0 Å². The highest BCUT2D eigenvalue weighted by Gasteiger charge is 2.31. The van der Waals surface area contributed by atoms with Gasteiger partial charge in [-0.25, -0.2) is 13.1 Å². The van der Waals surface area contributed by atoms with Crippen LogP contribution in [0.3, 0.4) is 0 Å². The summed E-state index contributed by atoms with van der Waals surface area (Å²) in [5, 5.41) is 0. The van der Waals surface area contributed by atoms with E-state index in [0.29, 0.717) is 24.8 Å². The summed E-state index contributed by atoms with van der Waals surface area (Å²) in [5.41, 5.74) is 0.637. The maximum atomic E-state index is 12.7. The Morgan fingerprint density at radius 1 is 1.04 bits per heavy atom. The molecule has 1 N–H and O–H groups in total. The number of sulfonamides is 1. The van der Waals surface area contributed by atoms with Crippen LogP contribution in [0.5, 0.6) is 0 Å². The van der Waals surface area contributed by atoms with E-state index < -0.39 is 26.7 Å². The molecule has 4 nitrogen and oxygen atoms in total. The Bertz CT molecular complexity index is 803. The molecule has 0 aliphatic heterocycles. The third kappa shape index (κ3) is 5.55. The fourth-order valence-electron chi connectivity index (χ4n) is 2.07. The van der Waals surface area contributed by atoms with Crippen molar-refractivity contribution in [2.75, 3.05) is 6.61 Å². The molecule has 0 radical (unpaired) electrons. The van der Waals surface area contributed by atoms with Gasteiger partial charge in [-0.05, 0) is 36.2 Å². The van der Waals surface area contributed by atoms with Crippen molar-refractivity contribution in [1.82, 2.24) is 4.72 Å². The van der Waals surface area contributed by atoms with Crippen LogP contribution in [0.25, 0.3) is 0 Å².